The topological polar surface area (TPSA) is 38.7 Å². The monoisotopic (exact) mass is 238 g/mol. The molecule has 0 bridgehead atoms. The van der Waals surface area contributed by atoms with Gasteiger partial charge < -0.3 is 14.6 Å². The van der Waals surface area contributed by atoms with Crippen LogP contribution in [0.4, 0.5) is 0 Å². The van der Waals surface area contributed by atoms with E-state index in [1.807, 2.05) is 0 Å². The number of alkyl halides is 1. The van der Waals surface area contributed by atoms with Crippen LogP contribution >= 0.6 is 11.6 Å². The average Bonchev–Trinajstić information content (AvgIpc) is 2.26. The molecule has 0 aromatic heterocycles. The predicted molar refractivity (Wildman–Crippen MR) is 62.5 cm³/mol. The second-order valence-electron chi connectivity index (χ2n) is 3.56. The molecular weight excluding hydrogens is 216 g/mol. The van der Waals surface area contributed by atoms with Crippen molar-refractivity contribution in [2.45, 2.75) is 38.7 Å². The molecule has 1 atom stereocenters. The lowest BCUT2D eigenvalue weighted by Gasteiger charge is -2.08. The maximum absolute atomic E-state index is 9.06. The second kappa shape index (κ2) is 12.2. The Morgan fingerprint density at radius 2 is 1.80 bits per heavy atom. The normalized spacial score (nSPS) is 13.0. The van der Waals surface area contributed by atoms with Gasteiger partial charge in [0.15, 0.2) is 0 Å². The van der Waals surface area contributed by atoms with Crippen LogP contribution in [0.15, 0.2) is 0 Å². The fourth-order valence-electron chi connectivity index (χ4n) is 1.11. The first-order valence-electron chi connectivity index (χ1n) is 5.70. The Morgan fingerprint density at radius 3 is 2.47 bits per heavy atom. The lowest BCUT2D eigenvalue weighted by Crippen LogP contribution is -2.18. The Balaban J connectivity index is 2.92. The molecule has 1 N–H and O–H groups in total. The van der Waals surface area contributed by atoms with Crippen molar-refractivity contribution in [1.29, 1.82) is 0 Å². The van der Waals surface area contributed by atoms with E-state index in [9.17, 15) is 0 Å². The van der Waals surface area contributed by atoms with Crippen LogP contribution in [0.5, 0.6) is 0 Å². The summed E-state index contributed by atoms with van der Waals surface area (Å²) in [6, 6.07) is 0. The third-order valence-corrected chi connectivity index (χ3v) is 2.36. The lowest BCUT2D eigenvalue weighted by atomic mass is 10.2. The smallest absolute Gasteiger partial charge is 0.0908 e. The van der Waals surface area contributed by atoms with E-state index < -0.39 is 6.10 Å². The van der Waals surface area contributed by atoms with E-state index in [1.54, 1.807) is 0 Å². The van der Waals surface area contributed by atoms with Crippen LogP contribution < -0.4 is 0 Å². The first-order valence-corrected chi connectivity index (χ1v) is 6.24. The van der Waals surface area contributed by atoms with Crippen LogP contribution in [-0.2, 0) is 9.47 Å². The molecule has 0 aromatic rings. The molecular formula is C11H23ClO3. The molecule has 3 nitrogen and oxygen atoms in total. The molecule has 0 heterocycles. The van der Waals surface area contributed by atoms with E-state index in [2.05, 4.69) is 6.92 Å². The zero-order valence-corrected chi connectivity index (χ0v) is 10.3. The van der Waals surface area contributed by atoms with E-state index in [0.29, 0.717) is 19.8 Å². The Labute approximate surface area is 97.7 Å². The quantitative estimate of drug-likeness (QED) is 0.443. The Hall–Kier alpha value is 0.170. The van der Waals surface area contributed by atoms with Crippen molar-refractivity contribution in [3.63, 3.8) is 0 Å². The maximum Gasteiger partial charge on any atom is 0.0908 e. The number of halogens is 1. The molecule has 0 saturated carbocycles. The van der Waals surface area contributed by atoms with Crippen molar-refractivity contribution in [3.05, 3.63) is 0 Å². The van der Waals surface area contributed by atoms with Gasteiger partial charge in [-0.1, -0.05) is 26.2 Å². The van der Waals surface area contributed by atoms with Crippen molar-refractivity contribution < 1.29 is 14.6 Å². The summed E-state index contributed by atoms with van der Waals surface area (Å²) in [6.07, 6.45) is 4.33. The fraction of sp³-hybridized carbons (Fsp3) is 1.00. The van der Waals surface area contributed by atoms with Crippen molar-refractivity contribution in [2.75, 3.05) is 32.3 Å². The Morgan fingerprint density at radius 1 is 1.07 bits per heavy atom. The summed E-state index contributed by atoms with van der Waals surface area (Å²) in [4.78, 5) is 0. The summed E-state index contributed by atoms with van der Waals surface area (Å²) >= 11 is 5.40. The van der Waals surface area contributed by atoms with Gasteiger partial charge in [-0.25, -0.2) is 0 Å². The summed E-state index contributed by atoms with van der Waals surface area (Å²) in [5.41, 5.74) is 0. The molecule has 15 heavy (non-hydrogen) atoms. The van der Waals surface area contributed by atoms with Crippen LogP contribution in [0, 0.1) is 0 Å². The van der Waals surface area contributed by atoms with Gasteiger partial charge in [0.1, 0.15) is 0 Å². The van der Waals surface area contributed by atoms with Gasteiger partial charge >= 0.3 is 0 Å². The first kappa shape index (κ1) is 15.2. The van der Waals surface area contributed by atoms with Crippen molar-refractivity contribution >= 4 is 11.6 Å². The lowest BCUT2D eigenvalue weighted by molar-refractivity contribution is 0.00989. The van der Waals surface area contributed by atoms with Gasteiger partial charge in [-0.2, -0.15) is 0 Å². The van der Waals surface area contributed by atoms with E-state index in [0.717, 1.165) is 13.0 Å². The average molecular weight is 239 g/mol. The van der Waals surface area contributed by atoms with Gasteiger partial charge in [-0.3, -0.25) is 0 Å². The SMILES string of the molecule is CCCCCCOCCOC[C@H](O)CCl. The molecule has 0 spiro atoms. The first-order chi connectivity index (χ1) is 7.31. The van der Waals surface area contributed by atoms with Crippen LogP contribution in [0.3, 0.4) is 0 Å². The predicted octanol–water partition coefficient (Wildman–Crippen LogP) is 2.20. The van der Waals surface area contributed by atoms with E-state index in [4.69, 9.17) is 26.2 Å². The van der Waals surface area contributed by atoms with Crippen molar-refractivity contribution in [2.24, 2.45) is 0 Å². The standard InChI is InChI=1S/C11H23ClO3/c1-2-3-4-5-6-14-7-8-15-10-11(13)9-12/h11,13H,2-10H2,1H3/t11-/m1/s1. The fourth-order valence-corrected chi connectivity index (χ4v) is 1.20. The highest BCUT2D eigenvalue weighted by Crippen LogP contribution is 1.98. The largest absolute Gasteiger partial charge is 0.389 e. The van der Waals surface area contributed by atoms with Gasteiger partial charge in [-0.15, -0.1) is 11.6 Å². The molecule has 0 fully saturated rings. The summed E-state index contributed by atoms with van der Waals surface area (Å²) < 4.78 is 10.5. The van der Waals surface area contributed by atoms with Crippen LogP contribution in [0.2, 0.25) is 0 Å². The third kappa shape index (κ3) is 12.1. The van der Waals surface area contributed by atoms with Crippen molar-refractivity contribution in [1.82, 2.24) is 0 Å². The summed E-state index contributed by atoms with van der Waals surface area (Å²) in [6.45, 7) is 4.42. The molecule has 0 unspecified atom stereocenters. The molecule has 0 amide bonds. The maximum atomic E-state index is 9.06. The highest BCUT2D eigenvalue weighted by molar-refractivity contribution is 6.18. The number of rotatable bonds is 11. The molecule has 0 rings (SSSR count). The number of hydrogen-bond acceptors (Lipinski definition) is 3. The summed E-state index contributed by atoms with van der Waals surface area (Å²) in [5.74, 6) is 0.220. The van der Waals surface area contributed by atoms with Crippen LogP contribution in [0.1, 0.15) is 32.6 Å². The van der Waals surface area contributed by atoms with Gasteiger partial charge in [-0.05, 0) is 6.42 Å². The second-order valence-corrected chi connectivity index (χ2v) is 3.86. The minimum absolute atomic E-state index is 0.220. The zero-order valence-electron chi connectivity index (χ0n) is 9.58. The minimum Gasteiger partial charge on any atom is -0.389 e. The number of hydrogen-bond donors (Lipinski definition) is 1. The number of unbranched alkanes of at least 4 members (excludes halogenated alkanes) is 3. The van der Waals surface area contributed by atoms with Gasteiger partial charge in [0, 0.05) is 6.61 Å². The van der Waals surface area contributed by atoms with E-state index >= 15 is 0 Å². The third-order valence-electron chi connectivity index (χ3n) is 2.00. The number of aliphatic hydroxyl groups excluding tert-OH is 1. The Kier molecular flexibility index (Phi) is 12.4. The summed E-state index contributed by atoms with van der Waals surface area (Å²) in [5, 5.41) is 9.06. The van der Waals surface area contributed by atoms with Gasteiger partial charge in [0.25, 0.3) is 0 Å². The molecule has 0 aliphatic rings. The van der Waals surface area contributed by atoms with Crippen LogP contribution in [0.25, 0.3) is 0 Å². The zero-order chi connectivity index (χ0) is 11.4. The van der Waals surface area contributed by atoms with Crippen LogP contribution in [-0.4, -0.2) is 43.5 Å². The minimum atomic E-state index is -0.559. The molecule has 0 aromatic carbocycles. The van der Waals surface area contributed by atoms with E-state index in [-0.39, 0.29) is 5.88 Å². The highest BCUT2D eigenvalue weighted by Gasteiger charge is 2.00. The van der Waals surface area contributed by atoms with Gasteiger partial charge in [0.05, 0.1) is 31.8 Å². The number of ether oxygens (including phenoxy) is 2. The highest BCUT2D eigenvalue weighted by atomic mass is 35.5. The summed E-state index contributed by atoms with van der Waals surface area (Å²) in [7, 11) is 0. The number of aliphatic hydroxyl groups is 1. The molecule has 0 aliphatic heterocycles. The molecule has 92 valence electrons. The molecule has 0 radical (unpaired) electrons. The molecule has 4 heteroatoms. The Bertz CT molecular complexity index is 122. The molecule has 0 saturated heterocycles. The van der Waals surface area contributed by atoms with Crippen molar-refractivity contribution in [3.8, 4) is 0 Å². The van der Waals surface area contributed by atoms with E-state index in [1.165, 1.54) is 19.3 Å². The molecule has 0 aliphatic carbocycles. The van der Waals surface area contributed by atoms with Gasteiger partial charge in [0.2, 0.25) is 0 Å².